The van der Waals surface area contributed by atoms with Gasteiger partial charge in [-0.15, -0.1) is 0 Å². The third kappa shape index (κ3) is 4.05. The van der Waals surface area contributed by atoms with Crippen LogP contribution < -0.4 is 4.74 Å². The van der Waals surface area contributed by atoms with E-state index in [0.717, 1.165) is 0 Å². The van der Waals surface area contributed by atoms with E-state index < -0.39 is 11.9 Å². The van der Waals surface area contributed by atoms with Crippen molar-refractivity contribution in [3.05, 3.63) is 28.2 Å². The predicted molar refractivity (Wildman–Crippen MR) is 83.5 cm³/mol. The number of hydrogen-bond acceptors (Lipinski definition) is 3. The summed E-state index contributed by atoms with van der Waals surface area (Å²) in [6.07, 6.45) is 1.27. The highest BCUT2D eigenvalue weighted by atomic mass is 35.5. The molecule has 0 aromatic heterocycles. The standard InChI is InChI=1S/C15H17Cl2NO4/c1-9-2-3-10(15(20)21)7-18(9)14(19)8-22-11-4-5-12(16)13(17)6-11/h4-6,9-10H,2-3,7-8H2,1H3,(H,20,21). The molecule has 0 spiro atoms. The molecule has 2 unspecified atom stereocenters. The van der Waals surface area contributed by atoms with Crippen LogP contribution >= 0.6 is 23.2 Å². The van der Waals surface area contributed by atoms with Crippen molar-refractivity contribution >= 4 is 35.1 Å². The van der Waals surface area contributed by atoms with E-state index in [9.17, 15) is 9.59 Å². The number of rotatable bonds is 4. The van der Waals surface area contributed by atoms with Crippen LogP contribution in [-0.2, 0) is 9.59 Å². The molecular formula is C15H17Cl2NO4. The van der Waals surface area contributed by atoms with Crippen molar-refractivity contribution in [1.82, 2.24) is 4.90 Å². The van der Waals surface area contributed by atoms with E-state index in [1.807, 2.05) is 6.92 Å². The second-order valence-corrected chi connectivity index (χ2v) is 6.19. The molecule has 0 radical (unpaired) electrons. The number of aliphatic carboxylic acids is 1. The minimum absolute atomic E-state index is 0.0144. The fourth-order valence-electron chi connectivity index (χ4n) is 2.45. The van der Waals surface area contributed by atoms with Crippen molar-refractivity contribution in [3.8, 4) is 5.75 Å². The Bertz CT molecular complexity index is 579. The van der Waals surface area contributed by atoms with Crippen molar-refractivity contribution in [1.29, 1.82) is 0 Å². The first-order chi connectivity index (χ1) is 10.4. The van der Waals surface area contributed by atoms with Gasteiger partial charge in [0.1, 0.15) is 5.75 Å². The van der Waals surface area contributed by atoms with Crippen LogP contribution in [0.2, 0.25) is 10.0 Å². The number of carbonyl (C=O) groups excluding carboxylic acids is 1. The molecule has 120 valence electrons. The third-order valence-electron chi connectivity index (χ3n) is 3.81. The number of benzene rings is 1. The average molecular weight is 346 g/mol. The zero-order valence-electron chi connectivity index (χ0n) is 12.1. The lowest BCUT2D eigenvalue weighted by Gasteiger charge is -2.36. The topological polar surface area (TPSA) is 66.8 Å². The molecule has 2 rings (SSSR count). The Labute approximate surface area is 138 Å². The molecule has 1 aromatic carbocycles. The monoisotopic (exact) mass is 345 g/mol. The molecule has 0 aliphatic carbocycles. The van der Waals surface area contributed by atoms with Gasteiger partial charge in [0.25, 0.3) is 5.91 Å². The normalized spacial score (nSPS) is 21.5. The van der Waals surface area contributed by atoms with Crippen molar-refractivity contribution in [2.24, 2.45) is 5.92 Å². The van der Waals surface area contributed by atoms with Crippen LogP contribution in [0.25, 0.3) is 0 Å². The van der Waals surface area contributed by atoms with Gasteiger partial charge >= 0.3 is 5.97 Å². The summed E-state index contributed by atoms with van der Waals surface area (Å²) in [7, 11) is 0. The molecule has 22 heavy (non-hydrogen) atoms. The Morgan fingerprint density at radius 3 is 2.68 bits per heavy atom. The summed E-state index contributed by atoms with van der Waals surface area (Å²) >= 11 is 11.7. The third-order valence-corrected chi connectivity index (χ3v) is 4.54. The fraction of sp³-hybridized carbons (Fsp3) is 0.467. The first kappa shape index (κ1) is 16.9. The maximum Gasteiger partial charge on any atom is 0.308 e. The largest absolute Gasteiger partial charge is 0.484 e. The Balaban J connectivity index is 1.95. The summed E-state index contributed by atoms with van der Waals surface area (Å²) in [5.41, 5.74) is 0. The van der Waals surface area contributed by atoms with Gasteiger partial charge in [-0.2, -0.15) is 0 Å². The highest BCUT2D eigenvalue weighted by molar-refractivity contribution is 6.42. The van der Waals surface area contributed by atoms with Crippen molar-refractivity contribution in [3.63, 3.8) is 0 Å². The van der Waals surface area contributed by atoms with E-state index in [-0.39, 0.29) is 25.1 Å². The second-order valence-electron chi connectivity index (χ2n) is 5.37. The number of hydrogen-bond donors (Lipinski definition) is 1. The number of ether oxygens (including phenoxy) is 1. The van der Waals surface area contributed by atoms with Gasteiger partial charge < -0.3 is 14.7 Å². The first-order valence-electron chi connectivity index (χ1n) is 6.98. The number of nitrogens with zero attached hydrogens (tertiary/aromatic N) is 1. The Morgan fingerprint density at radius 2 is 2.05 bits per heavy atom. The maximum absolute atomic E-state index is 12.3. The van der Waals surface area contributed by atoms with E-state index in [1.165, 1.54) is 6.07 Å². The summed E-state index contributed by atoms with van der Waals surface area (Å²) in [6.45, 7) is 1.98. The molecule has 1 saturated heterocycles. The minimum atomic E-state index is -0.866. The number of carbonyl (C=O) groups is 2. The second kappa shape index (κ2) is 7.20. The zero-order chi connectivity index (χ0) is 16.3. The van der Waals surface area contributed by atoms with E-state index in [4.69, 9.17) is 33.0 Å². The van der Waals surface area contributed by atoms with Crippen LogP contribution in [0.15, 0.2) is 18.2 Å². The van der Waals surface area contributed by atoms with Crippen LogP contribution in [-0.4, -0.2) is 41.1 Å². The van der Waals surface area contributed by atoms with Crippen LogP contribution in [0.5, 0.6) is 5.75 Å². The number of piperidine rings is 1. The van der Waals surface area contributed by atoms with Crippen LogP contribution in [0, 0.1) is 5.92 Å². The minimum Gasteiger partial charge on any atom is -0.484 e. The summed E-state index contributed by atoms with van der Waals surface area (Å²) in [5.74, 6) is -1.16. The van der Waals surface area contributed by atoms with E-state index in [1.54, 1.807) is 17.0 Å². The lowest BCUT2D eigenvalue weighted by molar-refractivity contribution is -0.147. The van der Waals surface area contributed by atoms with Crippen molar-refractivity contribution in [2.45, 2.75) is 25.8 Å². The van der Waals surface area contributed by atoms with Gasteiger partial charge in [-0.3, -0.25) is 9.59 Å². The lowest BCUT2D eigenvalue weighted by Crippen LogP contribution is -2.49. The summed E-state index contributed by atoms with van der Waals surface area (Å²) in [4.78, 5) is 24.9. The highest BCUT2D eigenvalue weighted by Crippen LogP contribution is 2.27. The molecule has 0 saturated carbocycles. The fourth-order valence-corrected chi connectivity index (χ4v) is 2.74. The number of amides is 1. The lowest BCUT2D eigenvalue weighted by atomic mass is 9.93. The molecule has 1 aliphatic heterocycles. The van der Waals surface area contributed by atoms with Gasteiger partial charge in [0.2, 0.25) is 0 Å². The Kier molecular flexibility index (Phi) is 5.53. The molecule has 5 nitrogen and oxygen atoms in total. The molecule has 1 aliphatic rings. The molecular weight excluding hydrogens is 329 g/mol. The van der Waals surface area contributed by atoms with E-state index >= 15 is 0 Å². The summed E-state index contributed by atoms with van der Waals surface area (Å²) < 4.78 is 5.42. The molecule has 2 atom stereocenters. The van der Waals surface area contributed by atoms with Gasteiger partial charge in [-0.1, -0.05) is 23.2 Å². The number of carboxylic acid groups (broad SMARTS) is 1. The van der Waals surface area contributed by atoms with Gasteiger partial charge in [0.05, 0.1) is 16.0 Å². The van der Waals surface area contributed by atoms with E-state index in [2.05, 4.69) is 0 Å². The molecule has 1 heterocycles. The molecule has 1 fully saturated rings. The van der Waals surface area contributed by atoms with Crippen molar-refractivity contribution in [2.75, 3.05) is 13.2 Å². The molecule has 0 bridgehead atoms. The molecule has 1 amide bonds. The summed E-state index contributed by atoms with van der Waals surface area (Å²) in [5, 5.41) is 9.85. The highest BCUT2D eigenvalue weighted by Gasteiger charge is 2.32. The number of likely N-dealkylation sites (tertiary alicyclic amines) is 1. The summed E-state index contributed by atoms with van der Waals surface area (Å²) in [6, 6.07) is 4.77. The molecule has 1 aromatic rings. The molecule has 7 heteroatoms. The smallest absolute Gasteiger partial charge is 0.308 e. The zero-order valence-corrected chi connectivity index (χ0v) is 13.6. The molecule has 1 N–H and O–H groups in total. The van der Waals surface area contributed by atoms with E-state index in [0.29, 0.717) is 28.6 Å². The number of carboxylic acids is 1. The van der Waals surface area contributed by atoms with Gasteiger partial charge in [0.15, 0.2) is 6.61 Å². The number of halogens is 2. The van der Waals surface area contributed by atoms with Crippen LogP contribution in [0.4, 0.5) is 0 Å². The predicted octanol–water partition coefficient (Wildman–Crippen LogP) is 3.08. The quantitative estimate of drug-likeness (QED) is 0.910. The maximum atomic E-state index is 12.3. The van der Waals surface area contributed by atoms with Gasteiger partial charge in [0, 0.05) is 18.7 Å². The van der Waals surface area contributed by atoms with Crippen LogP contribution in [0.3, 0.4) is 0 Å². The SMILES string of the molecule is CC1CCC(C(=O)O)CN1C(=O)COc1ccc(Cl)c(Cl)c1. The van der Waals surface area contributed by atoms with Crippen molar-refractivity contribution < 1.29 is 19.4 Å². The van der Waals surface area contributed by atoms with Gasteiger partial charge in [-0.05, 0) is 31.9 Å². The average Bonchev–Trinajstić information content (AvgIpc) is 2.48. The Hall–Kier alpha value is -1.46. The van der Waals surface area contributed by atoms with Gasteiger partial charge in [-0.25, -0.2) is 0 Å². The Morgan fingerprint density at radius 1 is 1.32 bits per heavy atom. The first-order valence-corrected chi connectivity index (χ1v) is 7.74. The van der Waals surface area contributed by atoms with Crippen LogP contribution in [0.1, 0.15) is 19.8 Å².